The average Bonchev–Trinajstić information content (AvgIpc) is 2.41. The summed E-state index contributed by atoms with van der Waals surface area (Å²) in [7, 11) is 0. The minimum atomic E-state index is -1.29. The largest absolute Gasteiger partial charge is 0.463 e. The molecule has 0 saturated carbocycles. The molecule has 0 radical (unpaired) electrons. The minimum absolute atomic E-state index is 0.219. The molecule has 0 amide bonds. The monoisotopic (exact) mass is 254 g/mol. The fraction of sp³-hybridized carbons (Fsp3) is 0.875. The summed E-state index contributed by atoms with van der Waals surface area (Å²) in [6.45, 7) is -2.18. The second kappa shape index (κ2) is 6.81. The van der Waals surface area contributed by atoms with Crippen LogP contribution in [0.1, 0.15) is 0 Å². The number of carbonyl (C=O) groups is 1. The van der Waals surface area contributed by atoms with Gasteiger partial charge >= 0.3 is 5.97 Å². The van der Waals surface area contributed by atoms with Crippen molar-refractivity contribution in [2.24, 2.45) is 5.41 Å². The third kappa shape index (κ3) is 3.85. The van der Waals surface area contributed by atoms with Crippen LogP contribution in [0.3, 0.4) is 0 Å². The lowest BCUT2D eigenvalue weighted by Crippen LogP contribution is -2.42. The maximum atomic E-state index is 11.4. The second-order valence-corrected chi connectivity index (χ2v) is 3.59. The van der Waals surface area contributed by atoms with Crippen LogP contribution in [0.2, 0.25) is 0 Å². The lowest BCUT2D eigenvalue weighted by molar-refractivity contribution is -0.671. The Morgan fingerprint density at radius 3 is 2.35 bits per heavy atom. The first-order valence-corrected chi connectivity index (χ1v) is 4.78. The van der Waals surface area contributed by atoms with Gasteiger partial charge in [0.25, 0.3) is 0 Å². The molecule has 1 rings (SSSR count). The van der Waals surface area contributed by atoms with Crippen molar-refractivity contribution in [2.45, 2.75) is 6.10 Å². The van der Waals surface area contributed by atoms with Crippen molar-refractivity contribution >= 4 is 5.97 Å². The number of hydrogen-bond donors (Lipinski definition) is 3. The first kappa shape index (κ1) is 14.3. The summed E-state index contributed by atoms with van der Waals surface area (Å²) in [5.41, 5.74) is -1.29. The predicted octanol–water partition coefficient (Wildman–Crippen LogP) is -2.31. The van der Waals surface area contributed by atoms with E-state index in [-0.39, 0.29) is 13.2 Å². The van der Waals surface area contributed by atoms with Crippen LogP contribution in [-0.2, 0) is 29.4 Å². The molecular weight excluding hydrogens is 240 g/mol. The van der Waals surface area contributed by atoms with E-state index in [1.807, 2.05) is 0 Å². The zero-order valence-corrected chi connectivity index (χ0v) is 8.90. The van der Waals surface area contributed by atoms with E-state index in [1.165, 1.54) is 0 Å². The lowest BCUT2D eigenvalue weighted by Gasteiger charge is -2.27. The molecule has 9 heteroatoms. The number of hydrogen-bond acceptors (Lipinski definition) is 9. The summed E-state index contributed by atoms with van der Waals surface area (Å²) in [6.07, 6.45) is -1.13. The molecule has 1 saturated heterocycles. The van der Waals surface area contributed by atoms with Crippen molar-refractivity contribution in [3.63, 3.8) is 0 Å². The van der Waals surface area contributed by atoms with Gasteiger partial charge in [0.2, 0.25) is 6.10 Å². The summed E-state index contributed by atoms with van der Waals surface area (Å²) < 4.78 is 4.76. The summed E-state index contributed by atoms with van der Waals surface area (Å²) in [5, 5.41) is 34.8. The number of ether oxygens (including phenoxy) is 1. The van der Waals surface area contributed by atoms with E-state index in [0.29, 0.717) is 0 Å². The molecule has 9 nitrogen and oxygen atoms in total. The fourth-order valence-corrected chi connectivity index (χ4v) is 0.912. The van der Waals surface area contributed by atoms with E-state index in [1.54, 1.807) is 0 Å². The van der Waals surface area contributed by atoms with Crippen molar-refractivity contribution in [3.05, 3.63) is 0 Å². The van der Waals surface area contributed by atoms with Crippen LogP contribution < -0.4 is 0 Å². The Bertz CT molecular complexity index is 225. The van der Waals surface area contributed by atoms with E-state index in [4.69, 9.17) is 20.1 Å². The van der Waals surface area contributed by atoms with Gasteiger partial charge in [-0.3, -0.25) is 0 Å². The Morgan fingerprint density at radius 1 is 1.24 bits per heavy atom. The Labute approximate surface area is 96.2 Å². The molecule has 100 valence electrons. The number of aliphatic hydroxyl groups excluding tert-OH is 3. The quantitative estimate of drug-likeness (QED) is 0.354. The zero-order chi connectivity index (χ0) is 12.7. The zero-order valence-electron chi connectivity index (χ0n) is 8.90. The van der Waals surface area contributed by atoms with Crippen LogP contribution in [0.5, 0.6) is 0 Å². The van der Waals surface area contributed by atoms with Gasteiger partial charge < -0.3 is 20.1 Å². The predicted molar refractivity (Wildman–Crippen MR) is 47.6 cm³/mol. The van der Waals surface area contributed by atoms with Crippen LogP contribution in [0.15, 0.2) is 0 Å². The highest BCUT2D eigenvalue weighted by molar-refractivity contribution is 5.74. The second-order valence-electron chi connectivity index (χ2n) is 3.59. The van der Waals surface area contributed by atoms with E-state index < -0.39 is 37.3 Å². The van der Waals surface area contributed by atoms with Crippen molar-refractivity contribution in [1.82, 2.24) is 0 Å². The number of carbonyl (C=O) groups excluding carboxylic acids is 1. The number of aliphatic hydroxyl groups is 3. The maximum absolute atomic E-state index is 11.4. The van der Waals surface area contributed by atoms with Crippen molar-refractivity contribution in [1.29, 1.82) is 0 Å². The van der Waals surface area contributed by atoms with Crippen molar-refractivity contribution < 1.29 is 44.7 Å². The molecule has 0 aromatic rings. The van der Waals surface area contributed by atoms with Gasteiger partial charge in [0, 0.05) is 0 Å². The molecule has 1 aliphatic rings. The molecule has 1 unspecified atom stereocenters. The normalized spacial score (nSPS) is 21.2. The summed E-state index contributed by atoms with van der Waals surface area (Å²) in [6, 6.07) is 0. The first-order valence-electron chi connectivity index (χ1n) is 4.78. The van der Waals surface area contributed by atoms with Gasteiger partial charge in [0.1, 0.15) is 13.2 Å². The molecular formula is C8H14O9. The van der Waals surface area contributed by atoms with Gasteiger partial charge in [-0.15, -0.1) is 0 Å². The summed E-state index contributed by atoms with van der Waals surface area (Å²) in [4.78, 5) is 20.1. The minimum Gasteiger partial charge on any atom is -0.463 e. The number of esters is 1. The molecule has 0 spiro atoms. The summed E-state index contributed by atoms with van der Waals surface area (Å²) in [5.74, 6) is -0.826. The Morgan fingerprint density at radius 2 is 1.88 bits per heavy atom. The molecule has 1 fully saturated rings. The van der Waals surface area contributed by atoms with Crippen molar-refractivity contribution in [3.8, 4) is 0 Å². The number of rotatable bonds is 6. The van der Waals surface area contributed by atoms with Gasteiger partial charge in [-0.1, -0.05) is 0 Å². The topological polar surface area (TPSA) is 124 Å². The highest BCUT2D eigenvalue weighted by atomic mass is 17.7. The fourth-order valence-electron chi connectivity index (χ4n) is 0.912. The van der Waals surface area contributed by atoms with Crippen LogP contribution >= 0.6 is 0 Å². The van der Waals surface area contributed by atoms with Crippen LogP contribution in [0.4, 0.5) is 0 Å². The Hall–Kier alpha value is -0.810. The highest BCUT2D eigenvalue weighted by Crippen LogP contribution is 2.16. The van der Waals surface area contributed by atoms with Gasteiger partial charge in [-0.05, 0) is 10.1 Å². The van der Waals surface area contributed by atoms with Crippen LogP contribution in [0.25, 0.3) is 0 Å². The van der Waals surface area contributed by atoms with E-state index in [2.05, 4.69) is 19.9 Å². The van der Waals surface area contributed by atoms with Gasteiger partial charge in [0.05, 0.1) is 25.2 Å². The Balaban J connectivity index is 2.40. The van der Waals surface area contributed by atoms with Gasteiger partial charge in [0.15, 0.2) is 0 Å². The van der Waals surface area contributed by atoms with E-state index in [9.17, 15) is 4.79 Å². The van der Waals surface area contributed by atoms with Crippen molar-refractivity contribution in [2.75, 3.05) is 33.0 Å². The molecule has 3 N–H and O–H groups in total. The molecule has 1 aliphatic heterocycles. The highest BCUT2D eigenvalue weighted by Gasteiger charge is 2.33. The van der Waals surface area contributed by atoms with Gasteiger partial charge in [-0.2, -0.15) is 4.89 Å². The SMILES string of the molecule is O=C(OCC(CO)(CO)CO)C1COOOO1. The molecule has 0 aliphatic carbocycles. The van der Waals surface area contributed by atoms with E-state index >= 15 is 0 Å². The van der Waals surface area contributed by atoms with Crippen LogP contribution in [0, 0.1) is 5.41 Å². The molecule has 17 heavy (non-hydrogen) atoms. The maximum Gasteiger partial charge on any atom is 0.341 e. The molecule has 0 aromatic heterocycles. The standard InChI is InChI=1S/C8H14O9/c9-2-8(3-10,4-11)5-13-7(12)6-1-14-16-17-15-6/h6,9-11H,1-5H2. The molecule has 0 aromatic carbocycles. The van der Waals surface area contributed by atoms with E-state index in [0.717, 1.165) is 0 Å². The lowest BCUT2D eigenvalue weighted by atomic mass is 9.93. The third-order valence-electron chi connectivity index (χ3n) is 2.24. The first-order chi connectivity index (χ1) is 8.17. The molecule has 1 heterocycles. The smallest absolute Gasteiger partial charge is 0.341 e. The third-order valence-corrected chi connectivity index (χ3v) is 2.24. The average molecular weight is 254 g/mol. The molecule has 0 bridgehead atoms. The Kier molecular flexibility index (Phi) is 5.71. The van der Waals surface area contributed by atoms with Gasteiger partial charge in [-0.25, -0.2) is 9.68 Å². The van der Waals surface area contributed by atoms with Crippen LogP contribution in [-0.4, -0.2) is 60.4 Å². The molecule has 1 atom stereocenters. The summed E-state index contributed by atoms with van der Waals surface area (Å²) >= 11 is 0.